The van der Waals surface area contributed by atoms with Crippen molar-refractivity contribution in [3.05, 3.63) is 101 Å². The lowest BCUT2D eigenvalue weighted by Crippen LogP contribution is -2.38. The summed E-state index contributed by atoms with van der Waals surface area (Å²) >= 11 is 1.57. The van der Waals surface area contributed by atoms with Crippen LogP contribution in [0.5, 0.6) is 0 Å². The second kappa shape index (κ2) is 17.2. The summed E-state index contributed by atoms with van der Waals surface area (Å²) in [7, 11) is 0. The lowest BCUT2D eigenvalue weighted by atomic mass is 9.91. The second-order valence-corrected chi connectivity index (χ2v) is 12.8. The van der Waals surface area contributed by atoms with E-state index in [2.05, 4.69) is 50.9 Å². The van der Waals surface area contributed by atoms with Crippen LogP contribution in [-0.2, 0) is 32.2 Å². The van der Waals surface area contributed by atoms with Crippen LogP contribution in [0.4, 0.5) is 0 Å². The van der Waals surface area contributed by atoms with Crippen LogP contribution < -0.4 is 10.6 Å². The van der Waals surface area contributed by atoms with Crippen molar-refractivity contribution >= 4 is 23.6 Å². The van der Waals surface area contributed by atoms with Gasteiger partial charge >= 0.3 is 0 Å². The van der Waals surface area contributed by atoms with Crippen molar-refractivity contribution in [2.24, 2.45) is 5.92 Å². The van der Waals surface area contributed by atoms with Gasteiger partial charge in [0.05, 0.1) is 18.8 Å². The Morgan fingerprint density at radius 1 is 0.936 bits per heavy atom. The van der Waals surface area contributed by atoms with E-state index in [9.17, 15) is 14.7 Å². The van der Waals surface area contributed by atoms with Gasteiger partial charge in [-0.05, 0) is 40.7 Å². The Labute approximate surface area is 280 Å². The molecule has 0 aliphatic carbocycles. The number of amides is 2. The molecule has 11 heteroatoms. The Bertz CT molecular complexity index is 1570. The van der Waals surface area contributed by atoms with E-state index in [4.69, 9.17) is 9.47 Å². The predicted molar refractivity (Wildman–Crippen MR) is 181 cm³/mol. The van der Waals surface area contributed by atoms with Crippen molar-refractivity contribution < 1.29 is 24.2 Å². The molecule has 0 saturated carbocycles. The summed E-state index contributed by atoms with van der Waals surface area (Å²) in [6.07, 6.45) is 3.60. The molecule has 4 atom stereocenters. The number of carbonyl (C=O) groups is 2. The third kappa shape index (κ3) is 9.74. The number of unbranched alkanes of at least 4 members (excludes halogenated alkanes) is 2. The van der Waals surface area contributed by atoms with E-state index in [1.165, 1.54) is 13.3 Å². The molecule has 0 radical (unpaired) electrons. The molecule has 2 amide bonds. The Kier molecular flexibility index (Phi) is 12.6. The third-order valence-electron chi connectivity index (χ3n) is 8.34. The number of ether oxygens (including phenoxy) is 2. The number of rotatable bonds is 15. The minimum atomic E-state index is -0.573. The van der Waals surface area contributed by atoms with Gasteiger partial charge in [-0.1, -0.05) is 97.9 Å². The Morgan fingerprint density at radius 3 is 2.43 bits per heavy atom. The first-order valence-corrected chi connectivity index (χ1v) is 17.1. The molecule has 0 spiro atoms. The number of hydrogen-bond donors (Lipinski definition) is 4. The Balaban J connectivity index is 1.24. The summed E-state index contributed by atoms with van der Waals surface area (Å²) in [6.45, 7) is 4.72. The van der Waals surface area contributed by atoms with E-state index in [0.717, 1.165) is 57.8 Å². The van der Waals surface area contributed by atoms with E-state index in [1.807, 2.05) is 54.6 Å². The highest BCUT2D eigenvalue weighted by Gasteiger charge is 2.38. The number of aliphatic hydroxyl groups excluding tert-OH is 1. The maximum atomic E-state index is 12.5. The van der Waals surface area contributed by atoms with Gasteiger partial charge in [0, 0.05) is 43.7 Å². The summed E-state index contributed by atoms with van der Waals surface area (Å²) in [5, 5.41) is 23.0. The van der Waals surface area contributed by atoms with Crippen LogP contribution in [0.2, 0.25) is 0 Å². The molecular weight excluding hydrogens is 614 g/mol. The van der Waals surface area contributed by atoms with Gasteiger partial charge in [-0.3, -0.25) is 14.7 Å². The van der Waals surface area contributed by atoms with Crippen molar-refractivity contribution in [1.82, 2.24) is 25.8 Å². The Morgan fingerprint density at radius 2 is 1.70 bits per heavy atom. The summed E-state index contributed by atoms with van der Waals surface area (Å²) in [5.41, 5.74) is 5.93. The number of nitrogens with zero attached hydrogens (tertiary/aromatic N) is 2. The molecule has 4 aromatic rings. The first kappa shape index (κ1) is 34.3. The fourth-order valence-corrected chi connectivity index (χ4v) is 6.59. The zero-order chi connectivity index (χ0) is 33.0. The smallest absolute Gasteiger partial charge is 0.220 e. The quantitative estimate of drug-likeness (QED) is 0.0922. The number of carbonyl (C=O) groups excluding carboxylic acids is 2. The molecule has 0 unspecified atom stereocenters. The van der Waals surface area contributed by atoms with Crippen molar-refractivity contribution in [2.45, 2.75) is 76.3 Å². The van der Waals surface area contributed by atoms with Gasteiger partial charge in [0.2, 0.25) is 11.8 Å². The van der Waals surface area contributed by atoms with Crippen molar-refractivity contribution in [2.75, 3.05) is 12.3 Å². The predicted octanol–water partition coefficient (Wildman–Crippen LogP) is 5.86. The van der Waals surface area contributed by atoms with Gasteiger partial charge in [-0.2, -0.15) is 5.10 Å². The largest absolute Gasteiger partial charge is 0.392 e. The monoisotopic (exact) mass is 657 g/mol. The topological polar surface area (TPSA) is 138 Å². The first-order valence-electron chi connectivity index (χ1n) is 16.1. The summed E-state index contributed by atoms with van der Waals surface area (Å²) in [5.74, 6) is 0.730. The van der Waals surface area contributed by atoms with Gasteiger partial charge in [-0.25, -0.2) is 4.98 Å². The van der Waals surface area contributed by atoms with Gasteiger partial charge < -0.3 is 25.2 Å². The van der Waals surface area contributed by atoms with E-state index >= 15 is 0 Å². The molecule has 1 aliphatic rings. The van der Waals surface area contributed by atoms with Gasteiger partial charge in [0.1, 0.15) is 6.33 Å². The van der Waals surface area contributed by atoms with Crippen LogP contribution in [-0.4, -0.2) is 50.5 Å². The maximum Gasteiger partial charge on any atom is 0.220 e. The number of nitrogens with one attached hydrogen (secondary N) is 3. The maximum absolute atomic E-state index is 12.5. The number of thioether (sulfide) groups is 1. The summed E-state index contributed by atoms with van der Waals surface area (Å²) in [6, 6.07) is 24.2. The average Bonchev–Trinajstić information content (AvgIpc) is 3.62. The van der Waals surface area contributed by atoms with Crippen molar-refractivity contribution in [3.8, 4) is 11.1 Å². The van der Waals surface area contributed by atoms with Gasteiger partial charge in [-0.15, -0.1) is 0 Å². The highest BCUT2D eigenvalue weighted by atomic mass is 32.2. The molecular formula is C36H43N5O5S. The molecule has 4 N–H and O–H groups in total. The molecule has 10 nitrogen and oxygen atoms in total. The van der Waals surface area contributed by atoms with E-state index in [0.29, 0.717) is 25.3 Å². The van der Waals surface area contributed by atoms with Crippen LogP contribution in [0.25, 0.3) is 11.1 Å². The van der Waals surface area contributed by atoms with Crippen molar-refractivity contribution in [1.29, 1.82) is 0 Å². The standard InChI is InChI=1S/C36H43N5O5S/c1-24-32(22-47-36-39-23-40-41-36)45-35(46-34(24)28-13-11-26(21-42)12-14-28)29-17-15-27(16-18-29)31-9-6-5-8-30(31)20-38-33(44)10-4-3-7-19-37-25(2)43/h5-6,8-9,11-18,23-24,32,34-35,42H,3-4,7,10,19-22H2,1-2H3,(H,37,43)(H,38,44)(H,39,40,41)/t24-,32+,34+,35+/m0/s1. The van der Waals surface area contributed by atoms with Crippen LogP contribution in [0.1, 0.15) is 74.2 Å². The highest BCUT2D eigenvalue weighted by molar-refractivity contribution is 7.99. The zero-order valence-corrected chi connectivity index (χ0v) is 27.7. The normalized spacial score (nSPS) is 19.3. The number of aromatic amines is 1. The first-order chi connectivity index (χ1) is 22.9. The summed E-state index contributed by atoms with van der Waals surface area (Å²) < 4.78 is 13.2. The molecule has 1 saturated heterocycles. The van der Waals surface area contributed by atoms with E-state index in [1.54, 1.807) is 11.8 Å². The van der Waals surface area contributed by atoms with Crippen LogP contribution in [0, 0.1) is 5.92 Å². The van der Waals surface area contributed by atoms with Gasteiger partial charge in [0.25, 0.3) is 0 Å². The number of hydrogen-bond acceptors (Lipinski definition) is 8. The summed E-state index contributed by atoms with van der Waals surface area (Å²) in [4.78, 5) is 27.7. The molecule has 0 bridgehead atoms. The zero-order valence-electron chi connectivity index (χ0n) is 26.9. The van der Waals surface area contributed by atoms with Crippen LogP contribution in [0.15, 0.2) is 84.3 Å². The minimum Gasteiger partial charge on any atom is -0.392 e. The second-order valence-electron chi connectivity index (χ2n) is 11.8. The van der Waals surface area contributed by atoms with Crippen LogP contribution in [0.3, 0.4) is 0 Å². The molecule has 1 aromatic heterocycles. The highest BCUT2D eigenvalue weighted by Crippen LogP contribution is 2.43. The molecule has 1 fully saturated rings. The number of aromatic nitrogens is 3. The molecule has 3 aromatic carbocycles. The third-order valence-corrected chi connectivity index (χ3v) is 9.31. The molecule has 248 valence electrons. The average molecular weight is 658 g/mol. The fraction of sp³-hybridized carbons (Fsp3) is 0.389. The fourth-order valence-electron chi connectivity index (χ4n) is 5.64. The number of H-pyrrole nitrogens is 1. The Hall–Kier alpha value is -4.03. The molecule has 5 rings (SSSR count). The molecule has 2 heterocycles. The molecule has 47 heavy (non-hydrogen) atoms. The minimum absolute atomic E-state index is 0.00643. The lowest BCUT2D eigenvalue weighted by Gasteiger charge is -2.41. The number of benzene rings is 3. The van der Waals surface area contributed by atoms with Crippen molar-refractivity contribution in [3.63, 3.8) is 0 Å². The lowest BCUT2D eigenvalue weighted by molar-refractivity contribution is -0.268. The van der Waals surface area contributed by atoms with Crippen LogP contribution >= 0.6 is 11.8 Å². The SMILES string of the molecule is CC(=O)NCCCCCC(=O)NCc1ccccc1-c1ccc([C@@H]2O[C@H](CSc3ncn[nH]3)[C@H](C)[C@H](c3ccc(CO)cc3)O2)cc1. The van der Waals surface area contributed by atoms with E-state index in [-0.39, 0.29) is 36.5 Å². The van der Waals surface area contributed by atoms with E-state index < -0.39 is 6.29 Å². The van der Waals surface area contributed by atoms with Gasteiger partial charge in [0.15, 0.2) is 11.4 Å². The number of aliphatic hydroxyl groups is 1. The molecule has 1 aliphatic heterocycles.